The third-order valence-electron chi connectivity index (χ3n) is 4.59. The molecule has 6 nitrogen and oxygen atoms in total. The molecule has 3 rings (SSSR count). The van der Waals surface area contributed by atoms with E-state index in [1.54, 1.807) is 13.2 Å². The highest BCUT2D eigenvalue weighted by molar-refractivity contribution is 5.97. The maximum atomic E-state index is 12.0. The molecule has 0 bridgehead atoms. The quantitative estimate of drug-likeness (QED) is 0.556. The molecule has 0 saturated carbocycles. The Morgan fingerprint density at radius 1 is 1.00 bits per heavy atom. The van der Waals surface area contributed by atoms with Gasteiger partial charge in [0.2, 0.25) is 0 Å². The highest BCUT2D eigenvalue weighted by atomic mass is 16.5. The number of methoxy groups -OCH3 is 2. The van der Waals surface area contributed by atoms with Gasteiger partial charge in [-0.05, 0) is 29.2 Å². The lowest BCUT2D eigenvalue weighted by atomic mass is 9.98. The Bertz CT molecular complexity index is 909. The van der Waals surface area contributed by atoms with Gasteiger partial charge in [-0.2, -0.15) is 0 Å². The van der Waals surface area contributed by atoms with Crippen molar-refractivity contribution in [1.29, 1.82) is 0 Å². The van der Waals surface area contributed by atoms with Crippen LogP contribution in [0.25, 0.3) is 11.1 Å². The number of hydrogen-bond donors (Lipinski definition) is 0. The number of esters is 1. The fourth-order valence-electron chi connectivity index (χ4n) is 3.19. The molecule has 1 aromatic heterocycles. The van der Waals surface area contributed by atoms with E-state index in [0.717, 1.165) is 41.2 Å². The molecule has 0 unspecified atom stereocenters. The van der Waals surface area contributed by atoms with E-state index in [-0.39, 0.29) is 5.97 Å². The lowest BCUT2D eigenvalue weighted by Crippen LogP contribution is -2.10. The maximum Gasteiger partial charge on any atom is 0.338 e. The van der Waals surface area contributed by atoms with E-state index in [2.05, 4.69) is 33.8 Å². The summed E-state index contributed by atoms with van der Waals surface area (Å²) < 4.78 is 12.3. The summed E-state index contributed by atoms with van der Waals surface area (Å²) in [5.41, 5.74) is 3.52. The summed E-state index contributed by atoms with van der Waals surface area (Å²) >= 11 is 0. The van der Waals surface area contributed by atoms with Crippen molar-refractivity contribution in [3.63, 3.8) is 0 Å². The molecule has 0 aliphatic heterocycles. The second kappa shape index (κ2) is 9.28. The molecular formula is C22H25N3O3. The Morgan fingerprint density at radius 3 is 2.39 bits per heavy atom. The van der Waals surface area contributed by atoms with Gasteiger partial charge in [-0.15, -0.1) is 10.2 Å². The number of aryl methyl sites for hydroxylation is 1. The Hall–Kier alpha value is -2.99. The van der Waals surface area contributed by atoms with Gasteiger partial charge in [0.1, 0.15) is 12.4 Å². The van der Waals surface area contributed by atoms with Crippen LogP contribution in [0.4, 0.5) is 0 Å². The highest BCUT2D eigenvalue weighted by Gasteiger charge is 2.14. The third-order valence-corrected chi connectivity index (χ3v) is 4.59. The lowest BCUT2D eigenvalue weighted by Gasteiger charge is -2.12. The van der Waals surface area contributed by atoms with Crippen LogP contribution in [-0.2, 0) is 29.0 Å². The van der Waals surface area contributed by atoms with E-state index in [1.165, 1.54) is 7.11 Å². The van der Waals surface area contributed by atoms with Gasteiger partial charge in [0, 0.05) is 13.5 Å². The van der Waals surface area contributed by atoms with Gasteiger partial charge in [0.05, 0.1) is 19.2 Å². The molecule has 0 aliphatic carbocycles. The van der Waals surface area contributed by atoms with Gasteiger partial charge in [-0.1, -0.05) is 49.4 Å². The average Bonchev–Trinajstić information content (AvgIpc) is 3.10. The zero-order chi connectivity index (χ0) is 19.9. The van der Waals surface area contributed by atoms with Crippen molar-refractivity contribution >= 4 is 5.97 Å². The maximum absolute atomic E-state index is 12.0. The number of benzene rings is 2. The predicted molar refractivity (Wildman–Crippen MR) is 107 cm³/mol. The van der Waals surface area contributed by atoms with Crippen molar-refractivity contribution in [2.24, 2.45) is 0 Å². The van der Waals surface area contributed by atoms with Crippen LogP contribution < -0.4 is 0 Å². The van der Waals surface area contributed by atoms with Crippen LogP contribution in [0.2, 0.25) is 0 Å². The molecule has 146 valence electrons. The number of rotatable bonds is 8. The molecule has 0 radical (unpaired) electrons. The van der Waals surface area contributed by atoms with Gasteiger partial charge in [0.15, 0.2) is 5.82 Å². The molecule has 0 saturated heterocycles. The molecule has 0 amide bonds. The van der Waals surface area contributed by atoms with Crippen molar-refractivity contribution in [1.82, 2.24) is 14.8 Å². The van der Waals surface area contributed by atoms with E-state index in [1.807, 2.05) is 30.3 Å². The van der Waals surface area contributed by atoms with E-state index in [0.29, 0.717) is 18.7 Å². The normalized spacial score (nSPS) is 10.8. The first-order valence-corrected chi connectivity index (χ1v) is 9.34. The molecule has 0 spiro atoms. The van der Waals surface area contributed by atoms with Crippen molar-refractivity contribution in [3.05, 3.63) is 71.3 Å². The minimum atomic E-state index is -0.336. The van der Waals surface area contributed by atoms with Crippen LogP contribution in [0, 0.1) is 0 Å². The first-order valence-electron chi connectivity index (χ1n) is 9.34. The standard InChI is InChI=1S/C22H25N3O3/c1-4-7-20-23-24-21(15-27-2)25(20)14-16-10-12-17(13-11-16)18-8-5-6-9-19(18)22(26)28-3/h5-6,8-13H,4,7,14-15H2,1-3H3. The third kappa shape index (κ3) is 4.28. The molecule has 1 heterocycles. The Morgan fingerprint density at radius 2 is 1.71 bits per heavy atom. The highest BCUT2D eigenvalue weighted by Crippen LogP contribution is 2.25. The van der Waals surface area contributed by atoms with Gasteiger partial charge >= 0.3 is 5.97 Å². The second-order valence-corrected chi connectivity index (χ2v) is 6.54. The molecule has 0 aliphatic rings. The predicted octanol–water partition coefficient (Wildman–Crippen LogP) is 3.88. The minimum Gasteiger partial charge on any atom is -0.465 e. The van der Waals surface area contributed by atoms with Gasteiger partial charge < -0.3 is 14.0 Å². The topological polar surface area (TPSA) is 66.2 Å². The Balaban J connectivity index is 1.87. The molecule has 0 fully saturated rings. The van der Waals surface area contributed by atoms with Gasteiger partial charge in [-0.3, -0.25) is 0 Å². The van der Waals surface area contributed by atoms with Crippen molar-refractivity contribution in [2.45, 2.75) is 32.9 Å². The van der Waals surface area contributed by atoms with Crippen molar-refractivity contribution in [3.8, 4) is 11.1 Å². The number of carbonyl (C=O) groups excluding carboxylic acids is 1. The summed E-state index contributed by atoms with van der Waals surface area (Å²) in [6.45, 7) is 3.24. The lowest BCUT2D eigenvalue weighted by molar-refractivity contribution is 0.0601. The van der Waals surface area contributed by atoms with E-state index >= 15 is 0 Å². The molecule has 3 aromatic rings. The summed E-state index contributed by atoms with van der Waals surface area (Å²) in [6, 6.07) is 15.6. The number of aromatic nitrogens is 3. The van der Waals surface area contributed by atoms with E-state index in [4.69, 9.17) is 9.47 Å². The summed E-state index contributed by atoms with van der Waals surface area (Å²) in [7, 11) is 3.05. The summed E-state index contributed by atoms with van der Waals surface area (Å²) in [5.74, 6) is 1.46. The van der Waals surface area contributed by atoms with Crippen molar-refractivity contribution < 1.29 is 14.3 Å². The zero-order valence-electron chi connectivity index (χ0n) is 16.5. The van der Waals surface area contributed by atoms with Crippen LogP contribution in [-0.4, -0.2) is 35.0 Å². The van der Waals surface area contributed by atoms with Crippen molar-refractivity contribution in [2.75, 3.05) is 14.2 Å². The fourth-order valence-corrected chi connectivity index (χ4v) is 3.19. The summed E-state index contributed by atoms with van der Waals surface area (Å²) in [6.07, 6.45) is 1.88. The molecular weight excluding hydrogens is 354 g/mol. The Labute approximate surface area is 165 Å². The molecule has 6 heteroatoms. The minimum absolute atomic E-state index is 0.336. The van der Waals surface area contributed by atoms with Crippen LogP contribution >= 0.6 is 0 Å². The molecule has 0 N–H and O–H groups in total. The zero-order valence-corrected chi connectivity index (χ0v) is 16.5. The van der Waals surface area contributed by atoms with Gasteiger partial charge in [0.25, 0.3) is 0 Å². The molecule has 2 aromatic carbocycles. The number of ether oxygens (including phenoxy) is 2. The summed E-state index contributed by atoms with van der Waals surface area (Å²) in [4.78, 5) is 12.0. The van der Waals surface area contributed by atoms with Crippen LogP contribution in [0.1, 0.15) is 40.9 Å². The van der Waals surface area contributed by atoms with Crippen LogP contribution in [0.15, 0.2) is 48.5 Å². The number of carbonyl (C=O) groups is 1. The van der Waals surface area contributed by atoms with Crippen LogP contribution in [0.3, 0.4) is 0 Å². The first-order chi connectivity index (χ1) is 13.7. The SMILES string of the molecule is CCCc1nnc(COC)n1Cc1ccc(-c2ccccc2C(=O)OC)cc1. The monoisotopic (exact) mass is 379 g/mol. The number of nitrogens with zero attached hydrogens (tertiary/aromatic N) is 3. The second-order valence-electron chi connectivity index (χ2n) is 6.54. The smallest absolute Gasteiger partial charge is 0.338 e. The molecule has 0 atom stereocenters. The first kappa shape index (κ1) is 19.8. The van der Waals surface area contributed by atoms with Crippen LogP contribution in [0.5, 0.6) is 0 Å². The average molecular weight is 379 g/mol. The number of hydrogen-bond acceptors (Lipinski definition) is 5. The van der Waals surface area contributed by atoms with E-state index in [9.17, 15) is 4.79 Å². The van der Waals surface area contributed by atoms with Gasteiger partial charge in [-0.25, -0.2) is 4.79 Å². The molecule has 28 heavy (non-hydrogen) atoms. The largest absolute Gasteiger partial charge is 0.465 e. The van der Waals surface area contributed by atoms with E-state index < -0.39 is 0 Å². The Kier molecular flexibility index (Phi) is 6.55. The summed E-state index contributed by atoms with van der Waals surface area (Å²) in [5, 5.41) is 8.57. The fraction of sp³-hybridized carbons (Fsp3) is 0.318.